The molecule has 0 radical (unpaired) electrons. The van der Waals surface area contributed by atoms with Crippen LogP contribution in [0.4, 0.5) is 13.2 Å². The molecule has 17 heavy (non-hydrogen) atoms. The summed E-state index contributed by atoms with van der Waals surface area (Å²) in [6.45, 7) is 0.429. The number of nitrogens with zero attached hydrogens (tertiary/aromatic N) is 1. The highest BCUT2D eigenvalue weighted by Gasteiger charge is 2.31. The molecule has 1 aromatic carbocycles. The molecule has 94 valence electrons. The Kier molecular flexibility index (Phi) is 4.19. The van der Waals surface area contributed by atoms with Crippen molar-refractivity contribution < 1.29 is 18.0 Å². The number of rotatable bonds is 2. The highest BCUT2D eigenvalue weighted by molar-refractivity contribution is 9.10. The molecular formula is C11H11BrF3NO. The Labute approximate surface area is 106 Å². The van der Waals surface area contributed by atoms with E-state index >= 15 is 0 Å². The lowest BCUT2D eigenvalue weighted by Gasteiger charge is -2.20. The lowest BCUT2D eigenvalue weighted by molar-refractivity contribution is -0.138. The quantitative estimate of drug-likeness (QED) is 0.820. The Morgan fingerprint density at radius 1 is 1.41 bits per heavy atom. The van der Waals surface area contributed by atoms with Gasteiger partial charge in [-0.25, -0.2) is 0 Å². The summed E-state index contributed by atoms with van der Waals surface area (Å²) in [6.07, 6.45) is -4.38. The molecule has 0 aliphatic carbocycles. The highest BCUT2D eigenvalue weighted by atomic mass is 79.9. The molecular weight excluding hydrogens is 299 g/mol. The van der Waals surface area contributed by atoms with Crippen molar-refractivity contribution in [2.75, 3.05) is 13.6 Å². The third-order valence-electron chi connectivity index (χ3n) is 2.19. The van der Waals surface area contributed by atoms with E-state index in [-0.39, 0.29) is 5.56 Å². The highest BCUT2D eigenvalue weighted by Crippen LogP contribution is 2.20. The number of benzene rings is 1. The van der Waals surface area contributed by atoms with E-state index in [9.17, 15) is 18.0 Å². The van der Waals surface area contributed by atoms with Crippen LogP contribution in [0.2, 0.25) is 0 Å². The summed E-state index contributed by atoms with van der Waals surface area (Å²) in [5, 5.41) is 0. The summed E-state index contributed by atoms with van der Waals surface area (Å²) < 4.78 is 37.1. The van der Waals surface area contributed by atoms with E-state index in [4.69, 9.17) is 0 Å². The van der Waals surface area contributed by atoms with Crippen LogP contribution in [0.3, 0.4) is 0 Å². The van der Waals surface area contributed by atoms with Gasteiger partial charge in [0.15, 0.2) is 0 Å². The van der Waals surface area contributed by atoms with E-state index in [1.807, 2.05) is 0 Å². The number of hydrogen-bond donors (Lipinski definition) is 0. The summed E-state index contributed by atoms with van der Waals surface area (Å²) >= 11 is 3.18. The largest absolute Gasteiger partial charge is 0.406 e. The van der Waals surface area contributed by atoms with E-state index in [0.717, 1.165) is 7.05 Å². The number of halogens is 4. The molecule has 0 saturated heterocycles. The molecule has 0 atom stereocenters. The first kappa shape index (κ1) is 14.0. The zero-order valence-electron chi connectivity index (χ0n) is 9.31. The van der Waals surface area contributed by atoms with Gasteiger partial charge in [-0.15, -0.1) is 0 Å². The third kappa shape index (κ3) is 4.03. The van der Waals surface area contributed by atoms with Gasteiger partial charge in [-0.05, 0) is 24.6 Å². The van der Waals surface area contributed by atoms with Crippen molar-refractivity contribution in [3.05, 3.63) is 33.8 Å². The van der Waals surface area contributed by atoms with Gasteiger partial charge in [-0.3, -0.25) is 4.79 Å². The minimum Gasteiger partial charge on any atom is -0.333 e. The maximum absolute atomic E-state index is 12.2. The van der Waals surface area contributed by atoms with Crippen molar-refractivity contribution in [3.8, 4) is 0 Å². The summed E-state index contributed by atoms with van der Waals surface area (Å²) in [4.78, 5) is 12.5. The van der Waals surface area contributed by atoms with Crippen molar-refractivity contribution >= 4 is 21.8 Å². The predicted octanol–water partition coefficient (Wildman–Crippen LogP) is 3.39. The lowest BCUT2D eigenvalue weighted by atomic mass is 10.1. The number of aryl methyl sites for hydroxylation is 1. The number of amides is 1. The van der Waals surface area contributed by atoms with Gasteiger partial charge in [-0.2, -0.15) is 13.2 Å². The molecule has 1 amide bonds. The number of alkyl halides is 3. The standard InChI is InChI=1S/C11H11BrF3NO/c1-7-3-4-8(12)5-9(7)10(17)16(2)6-11(13,14)15/h3-5H,6H2,1-2H3. The molecule has 0 aliphatic heterocycles. The van der Waals surface area contributed by atoms with Crippen LogP contribution in [0, 0.1) is 6.92 Å². The lowest BCUT2D eigenvalue weighted by Crippen LogP contribution is -2.36. The van der Waals surface area contributed by atoms with Gasteiger partial charge in [0, 0.05) is 17.1 Å². The summed E-state index contributed by atoms with van der Waals surface area (Å²) in [7, 11) is 1.14. The van der Waals surface area contributed by atoms with Crippen molar-refractivity contribution in [1.29, 1.82) is 0 Å². The SMILES string of the molecule is Cc1ccc(Br)cc1C(=O)N(C)CC(F)(F)F. The third-order valence-corrected chi connectivity index (χ3v) is 2.69. The molecule has 1 aromatic rings. The topological polar surface area (TPSA) is 20.3 Å². The monoisotopic (exact) mass is 309 g/mol. The normalized spacial score (nSPS) is 11.4. The molecule has 0 heterocycles. The molecule has 6 heteroatoms. The number of carbonyl (C=O) groups is 1. The molecule has 0 bridgehead atoms. The van der Waals surface area contributed by atoms with Crippen molar-refractivity contribution in [2.45, 2.75) is 13.1 Å². The van der Waals surface area contributed by atoms with Gasteiger partial charge in [0.25, 0.3) is 5.91 Å². The molecule has 0 aliphatic rings. The van der Waals surface area contributed by atoms with Crippen LogP contribution in [-0.4, -0.2) is 30.6 Å². The van der Waals surface area contributed by atoms with Gasteiger partial charge in [0.05, 0.1) is 0 Å². The van der Waals surface area contributed by atoms with Gasteiger partial charge >= 0.3 is 6.18 Å². The van der Waals surface area contributed by atoms with Crippen molar-refractivity contribution in [2.24, 2.45) is 0 Å². The Bertz CT molecular complexity index is 431. The molecule has 0 spiro atoms. The van der Waals surface area contributed by atoms with E-state index in [1.165, 1.54) is 6.07 Å². The Morgan fingerprint density at radius 2 is 2.00 bits per heavy atom. The fraction of sp³-hybridized carbons (Fsp3) is 0.364. The Balaban J connectivity index is 2.93. The van der Waals surface area contributed by atoms with Crippen LogP contribution in [0.25, 0.3) is 0 Å². The van der Waals surface area contributed by atoms with Crippen LogP contribution in [0.15, 0.2) is 22.7 Å². The first-order chi connectivity index (χ1) is 7.70. The first-order valence-electron chi connectivity index (χ1n) is 4.79. The van der Waals surface area contributed by atoms with Gasteiger partial charge < -0.3 is 4.90 Å². The Hall–Kier alpha value is -1.04. The van der Waals surface area contributed by atoms with Gasteiger partial charge in [0.2, 0.25) is 0 Å². The van der Waals surface area contributed by atoms with Crippen molar-refractivity contribution in [3.63, 3.8) is 0 Å². The number of hydrogen-bond acceptors (Lipinski definition) is 1. The van der Waals surface area contributed by atoms with Crippen LogP contribution < -0.4 is 0 Å². The van der Waals surface area contributed by atoms with Crippen molar-refractivity contribution in [1.82, 2.24) is 4.90 Å². The minimum absolute atomic E-state index is 0.270. The smallest absolute Gasteiger partial charge is 0.333 e. The summed E-state index contributed by atoms with van der Waals surface area (Å²) in [5.41, 5.74) is 0.915. The van der Waals surface area contributed by atoms with Crippen LogP contribution in [0.1, 0.15) is 15.9 Å². The van der Waals surface area contributed by atoms with E-state index in [2.05, 4.69) is 15.9 Å². The predicted molar refractivity (Wildman–Crippen MR) is 61.9 cm³/mol. The second-order valence-electron chi connectivity index (χ2n) is 3.74. The van der Waals surface area contributed by atoms with Crippen LogP contribution in [0.5, 0.6) is 0 Å². The second-order valence-corrected chi connectivity index (χ2v) is 4.65. The molecule has 0 unspecified atom stereocenters. The zero-order valence-corrected chi connectivity index (χ0v) is 10.9. The van der Waals surface area contributed by atoms with Gasteiger partial charge in [0.1, 0.15) is 6.54 Å². The maximum Gasteiger partial charge on any atom is 0.406 e. The summed E-state index contributed by atoms with van der Waals surface area (Å²) in [6, 6.07) is 4.93. The molecule has 1 rings (SSSR count). The maximum atomic E-state index is 12.2. The summed E-state index contributed by atoms with van der Waals surface area (Å²) in [5.74, 6) is -0.638. The average molecular weight is 310 g/mol. The molecule has 0 aromatic heterocycles. The number of carbonyl (C=O) groups excluding carboxylic acids is 1. The molecule has 0 N–H and O–H groups in total. The molecule has 0 saturated carbocycles. The first-order valence-corrected chi connectivity index (χ1v) is 5.58. The average Bonchev–Trinajstić information content (AvgIpc) is 2.18. The zero-order chi connectivity index (χ0) is 13.2. The fourth-order valence-corrected chi connectivity index (χ4v) is 1.73. The van der Waals surface area contributed by atoms with Gasteiger partial charge in [-0.1, -0.05) is 22.0 Å². The van der Waals surface area contributed by atoms with E-state index < -0.39 is 18.6 Å². The minimum atomic E-state index is -4.38. The Morgan fingerprint density at radius 3 is 2.53 bits per heavy atom. The van der Waals surface area contributed by atoms with E-state index in [1.54, 1.807) is 19.1 Å². The van der Waals surface area contributed by atoms with Crippen LogP contribution >= 0.6 is 15.9 Å². The second kappa shape index (κ2) is 5.08. The van der Waals surface area contributed by atoms with E-state index in [0.29, 0.717) is 14.9 Å². The van der Waals surface area contributed by atoms with Crippen LogP contribution in [-0.2, 0) is 0 Å². The molecule has 0 fully saturated rings. The fourth-order valence-electron chi connectivity index (χ4n) is 1.37. The molecule has 2 nitrogen and oxygen atoms in total.